The standard InChI is InChI=1S/C20H17ClN4O/c21-15-7-3-8-16(13-15)23-20-22-11-10-17(24-20)19(26)25-12-4-6-14-5-1-2-9-18(14)25/h1-3,5,7-11,13H,4,6,12H2,(H,22,23,24). The molecule has 0 atom stereocenters. The van der Waals surface area contributed by atoms with E-state index in [1.54, 1.807) is 29.3 Å². The maximum absolute atomic E-state index is 13.0. The summed E-state index contributed by atoms with van der Waals surface area (Å²) in [5, 5.41) is 3.70. The van der Waals surface area contributed by atoms with Crippen molar-refractivity contribution >= 4 is 34.8 Å². The van der Waals surface area contributed by atoms with Crippen LogP contribution in [0.15, 0.2) is 60.8 Å². The lowest BCUT2D eigenvalue weighted by molar-refractivity contribution is 0.0980. The highest BCUT2D eigenvalue weighted by molar-refractivity contribution is 6.30. The summed E-state index contributed by atoms with van der Waals surface area (Å²) in [6.07, 6.45) is 3.52. The first-order valence-electron chi connectivity index (χ1n) is 8.46. The van der Waals surface area contributed by atoms with Crippen molar-refractivity contribution in [2.24, 2.45) is 0 Å². The minimum atomic E-state index is -0.117. The number of hydrogen-bond donors (Lipinski definition) is 1. The molecule has 0 aliphatic carbocycles. The normalized spacial score (nSPS) is 13.2. The van der Waals surface area contributed by atoms with E-state index in [1.165, 1.54) is 5.56 Å². The van der Waals surface area contributed by atoms with Crippen molar-refractivity contribution in [2.75, 3.05) is 16.8 Å². The van der Waals surface area contributed by atoms with Crippen LogP contribution in [-0.2, 0) is 6.42 Å². The van der Waals surface area contributed by atoms with Crippen LogP contribution >= 0.6 is 11.6 Å². The van der Waals surface area contributed by atoms with Gasteiger partial charge in [0, 0.05) is 29.1 Å². The minimum Gasteiger partial charge on any atom is -0.324 e. The van der Waals surface area contributed by atoms with E-state index >= 15 is 0 Å². The summed E-state index contributed by atoms with van der Waals surface area (Å²) in [6.45, 7) is 0.691. The van der Waals surface area contributed by atoms with Crippen LogP contribution in [0, 0.1) is 0 Å². The van der Waals surface area contributed by atoms with Crippen molar-refractivity contribution in [3.8, 4) is 0 Å². The van der Waals surface area contributed by atoms with Crippen molar-refractivity contribution in [1.82, 2.24) is 9.97 Å². The molecule has 1 aromatic heterocycles. The van der Waals surface area contributed by atoms with E-state index in [0.29, 0.717) is 23.2 Å². The molecule has 3 aromatic rings. The second kappa shape index (κ2) is 7.14. The van der Waals surface area contributed by atoms with Gasteiger partial charge in [0.05, 0.1) is 0 Å². The first-order chi connectivity index (χ1) is 12.7. The summed E-state index contributed by atoms with van der Waals surface area (Å²) in [5.74, 6) is 0.247. The molecular formula is C20H17ClN4O. The summed E-state index contributed by atoms with van der Waals surface area (Å²) >= 11 is 6.00. The van der Waals surface area contributed by atoms with Crippen LogP contribution in [0.3, 0.4) is 0 Å². The van der Waals surface area contributed by atoms with Gasteiger partial charge in [-0.3, -0.25) is 4.79 Å². The third-order valence-corrected chi connectivity index (χ3v) is 4.55. The lowest BCUT2D eigenvalue weighted by Gasteiger charge is -2.29. The van der Waals surface area contributed by atoms with Gasteiger partial charge in [-0.15, -0.1) is 0 Å². The number of nitrogens with one attached hydrogen (secondary N) is 1. The molecule has 2 aromatic carbocycles. The zero-order valence-corrected chi connectivity index (χ0v) is 14.8. The van der Waals surface area contributed by atoms with Gasteiger partial charge in [0.2, 0.25) is 5.95 Å². The first-order valence-corrected chi connectivity index (χ1v) is 8.84. The third-order valence-electron chi connectivity index (χ3n) is 4.31. The predicted molar refractivity (Wildman–Crippen MR) is 103 cm³/mol. The zero-order valence-electron chi connectivity index (χ0n) is 14.0. The molecule has 6 heteroatoms. The van der Waals surface area contributed by atoms with E-state index in [1.807, 2.05) is 30.3 Å². The Labute approximate surface area is 156 Å². The average molecular weight is 365 g/mol. The van der Waals surface area contributed by atoms with E-state index in [4.69, 9.17) is 11.6 Å². The highest BCUT2D eigenvalue weighted by Crippen LogP contribution is 2.28. The molecule has 1 amide bonds. The van der Waals surface area contributed by atoms with Crippen LogP contribution in [0.25, 0.3) is 0 Å². The molecule has 0 radical (unpaired) electrons. The number of carbonyl (C=O) groups excluding carboxylic acids is 1. The number of anilines is 3. The number of para-hydroxylation sites is 1. The van der Waals surface area contributed by atoms with Gasteiger partial charge in [-0.1, -0.05) is 35.9 Å². The van der Waals surface area contributed by atoms with Gasteiger partial charge in [-0.25, -0.2) is 9.97 Å². The van der Waals surface area contributed by atoms with Gasteiger partial charge in [0.1, 0.15) is 5.69 Å². The number of aryl methyl sites for hydroxylation is 1. The van der Waals surface area contributed by atoms with E-state index in [0.717, 1.165) is 24.2 Å². The Kier molecular flexibility index (Phi) is 4.54. The first kappa shape index (κ1) is 16.5. The van der Waals surface area contributed by atoms with Crippen LogP contribution < -0.4 is 10.2 Å². The Bertz CT molecular complexity index is 960. The fraction of sp³-hybridized carbons (Fsp3) is 0.150. The molecule has 2 heterocycles. The van der Waals surface area contributed by atoms with Gasteiger partial charge in [-0.05, 0) is 48.7 Å². The molecule has 0 bridgehead atoms. The molecule has 1 aliphatic rings. The molecule has 0 fully saturated rings. The van der Waals surface area contributed by atoms with Gasteiger partial charge in [-0.2, -0.15) is 0 Å². The van der Waals surface area contributed by atoms with Crippen LogP contribution in [0.1, 0.15) is 22.5 Å². The molecule has 0 saturated carbocycles. The van der Waals surface area contributed by atoms with Crippen molar-refractivity contribution in [3.63, 3.8) is 0 Å². The molecule has 1 N–H and O–H groups in total. The molecule has 5 nitrogen and oxygen atoms in total. The summed E-state index contributed by atoms with van der Waals surface area (Å²) in [6, 6.07) is 16.9. The smallest absolute Gasteiger partial charge is 0.277 e. The van der Waals surface area contributed by atoms with Gasteiger partial charge in [0.15, 0.2) is 0 Å². The Morgan fingerprint density at radius 2 is 2.00 bits per heavy atom. The average Bonchev–Trinajstić information content (AvgIpc) is 2.67. The molecule has 130 valence electrons. The van der Waals surface area contributed by atoms with Crippen molar-refractivity contribution in [3.05, 3.63) is 77.1 Å². The maximum Gasteiger partial charge on any atom is 0.277 e. The zero-order chi connectivity index (χ0) is 17.9. The Balaban J connectivity index is 1.60. The lowest BCUT2D eigenvalue weighted by Crippen LogP contribution is -2.36. The molecule has 4 rings (SSSR count). The van der Waals surface area contributed by atoms with Crippen LogP contribution in [0.5, 0.6) is 0 Å². The Morgan fingerprint density at radius 1 is 1.12 bits per heavy atom. The van der Waals surface area contributed by atoms with Crippen molar-refractivity contribution < 1.29 is 4.79 Å². The van der Waals surface area contributed by atoms with Crippen molar-refractivity contribution in [2.45, 2.75) is 12.8 Å². The number of aromatic nitrogens is 2. The van der Waals surface area contributed by atoms with E-state index < -0.39 is 0 Å². The minimum absolute atomic E-state index is 0.117. The highest BCUT2D eigenvalue weighted by Gasteiger charge is 2.24. The van der Waals surface area contributed by atoms with E-state index in [2.05, 4.69) is 21.4 Å². The summed E-state index contributed by atoms with van der Waals surface area (Å²) in [5.41, 5.74) is 3.29. The number of fused-ring (bicyclic) bond motifs is 1. The van der Waals surface area contributed by atoms with Crippen LogP contribution in [-0.4, -0.2) is 22.4 Å². The topological polar surface area (TPSA) is 58.1 Å². The summed E-state index contributed by atoms with van der Waals surface area (Å²) in [7, 11) is 0. The Morgan fingerprint density at radius 3 is 2.88 bits per heavy atom. The number of hydrogen-bond acceptors (Lipinski definition) is 4. The number of benzene rings is 2. The number of rotatable bonds is 3. The molecular weight excluding hydrogens is 348 g/mol. The fourth-order valence-electron chi connectivity index (χ4n) is 3.12. The monoisotopic (exact) mass is 364 g/mol. The number of nitrogens with zero attached hydrogens (tertiary/aromatic N) is 3. The molecule has 0 spiro atoms. The van der Waals surface area contributed by atoms with Gasteiger partial charge < -0.3 is 10.2 Å². The quantitative estimate of drug-likeness (QED) is 0.745. The SMILES string of the molecule is O=C(c1ccnc(Nc2cccc(Cl)c2)n1)N1CCCc2ccccc21. The summed E-state index contributed by atoms with van der Waals surface area (Å²) < 4.78 is 0. The van der Waals surface area contributed by atoms with Crippen LogP contribution in [0.4, 0.5) is 17.3 Å². The second-order valence-electron chi connectivity index (χ2n) is 6.09. The van der Waals surface area contributed by atoms with Crippen molar-refractivity contribution in [1.29, 1.82) is 0 Å². The largest absolute Gasteiger partial charge is 0.324 e. The second-order valence-corrected chi connectivity index (χ2v) is 6.53. The Hall–Kier alpha value is -2.92. The molecule has 0 saturated heterocycles. The van der Waals surface area contributed by atoms with Gasteiger partial charge in [0.25, 0.3) is 5.91 Å². The molecule has 26 heavy (non-hydrogen) atoms. The van der Waals surface area contributed by atoms with Crippen LogP contribution in [0.2, 0.25) is 5.02 Å². The maximum atomic E-state index is 13.0. The number of amides is 1. The fourth-order valence-corrected chi connectivity index (χ4v) is 3.31. The predicted octanol–water partition coefficient (Wildman–Crippen LogP) is 4.47. The molecule has 1 aliphatic heterocycles. The third kappa shape index (κ3) is 3.39. The highest BCUT2D eigenvalue weighted by atomic mass is 35.5. The lowest BCUT2D eigenvalue weighted by atomic mass is 10.0. The number of carbonyl (C=O) groups is 1. The van der Waals surface area contributed by atoms with E-state index in [9.17, 15) is 4.79 Å². The number of halogens is 1. The molecule has 0 unspecified atom stereocenters. The summed E-state index contributed by atoms with van der Waals surface area (Å²) in [4.78, 5) is 23.4. The van der Waals surface area contributed by atoms with E-state index in [-0.39, 0.29) is 5.91 Å². The van der Waals surface area contributed by atoms with Gasteiger partial charge >= 0.3 is 0 Å².